The zero-order valence-corrected chi connectivity index (χ0v) is 14.7. The Bertz CT molecular complexity index is 584. The quantitative estimate of drug-likeness (QED) is 0.820. The van der Waals surface area contributed by atoms with Gasteiger partial charge in [0, 0.05) is 18.3 Å². The van der Waals surface area contributed by atoms with E-state index in [2.05, 4.69) is 11.9 Å². The first-order valence-electron chi connectivity index (χ1n) is 8.04. The number of likely N-dealkylation sites (tertiary alicyclic amines) is 1. The van der Waals surface area contributed by atoms with E-state index in [9.17, 15) is 4.79 Å². The van der Waals surface area contributed by atoms with Crippen LogP contribution in [0.4, 0.5) is 4.79 Å². The molecule has 1 aromatic rings. The summed E-state index contributed by atoms with van der Waals surface area (Å²) < 4.78 is 11.6. The fraction of sp³-hybridized carbons (Fsp3) is 0.647. The monoisotopic (exact) mass is 338 g/mol. The van der Waals surface area contributed by atoms with Gasteiger partial charge in [0.15, 0.2) is 0 Å². The highest BCUT2D eigenvalue weighted by Crippen LogP contribution is 2.44. The van der Waals surface area contributed by atoms with Crippen LogP contribution >= 0.6 is 11.6 Å². The van der Waals surface area contributed by atoms with Crippen LogP contribution in [0.5, 0.6) is 5.88 Å². The Labute approximate surface area is 141 Å². The minimum Gasteiger partial charge on any atom is -0.472 e. The highest BCUT2D eigenvalue weighted by molar-refractivity contribution is 6.30. The van der Waals surface area contributed by atoms with Gasteiger partial charge in [-0.25, -0.2) is 9.78 Å². The number of halogens is 1. The number of aromatic nitrogens is 1. The van der Waals surface area contributed by atoms with Crippen LogP contribution in [0, 0.1) is 5.92 Å². The lowest BCUT2D eigenvalue weighted by Crippen LogP contribution is -2.52. The third kappa shape index (κ3) is 3.39. The molecule has 1 saturated heterocycles. The van der Waals surface area contributed by atoms with Gasteiger partial charge in [-0.15, -0.1) is 0 Å². The van der Waals surface area contributed by atoms with Crippen molar-refractivity contribution < 1.29 is 14.3 Å². The molecular formula is C17H23ClN2O3. The van der Waals surface area contributed by atoms with Gasteiger partial charge >= 0.3 is 6.09 Å². The highest BCUT2D eigenvalue weighted by Gasteiger charge is 2.53. The van der Waals surface area contributed by atoms with E-state index in [1.807, 2.05) is 25.7 Å². The number of hydrogen-bond acceptors (Lipinski definition) is 4. The standard InChI is InChI=1S/C17H23ClN2O3/c1-10-11-7-13(20(10)16(21)23-17(2,3)4)14(8-11)22-15-6-5-12(18)9-19-15/h5-6,9-11,13-14H,7-8H2,1-4H3/t10-,11-,13+,14-/m1/s1. The van der Waals surface area contributed by atoms with Crippen LogP contribution in [0.15, 0.2) is 18.3 Å². The van der Waals surface area contributed by atoms with Gasteiger partial charge in [-0.05, 0) is 52.5 Å². The van der Waals surface area contributed by atoms with E-state index in [4.69, 9.17) is 21.1 Å². The van der Waals surface area contributed by atoms with Crippen LogP contribution < -0.4 is 4.74 Å². The molecule has 1 aromatic heterocycles. The average molecular weight is 339 g/mol. The predicted molar refractivity (Wildman–Crippen MR) is 87.7 cm³/mol. The van der Waals surface area contributed by atoms with Gasteiger partial charge in [-0.2, -0.15) is 0 Å². The third-order valence-electron chi connectivity index (χ3n) is 4.56. The van der Waals surface area contributed by atoms with Crippen molar-refractivity contribution in [3.05, 3.63) is 23.4 Å². The van der Waals surface area contributed by atoms with Crippen molar-refractivity contribution in [2.24, 2.45) is 5.92 Å². The summed E-state index contributed by atoms with van der Waals surface area (Å²) in [5, 5.41) is 0.578. The Balaban J connectivity index is 1.71. The Morgan fingerprint density at radius 1 is 1.35 bits per heavy atom. The van der Waals surface area contributed by atoms with Crippen molar-refractivity contribution >= 4 is 17.7 Å². The van der Waals surface area contributed by atoms with Crippen molar-refractivity contribution in [3.8, 4) is 5.88 Å². The summed E-state index contributed by atoms with van der Waals surface area (Å²) >= 11 is 5.85. The molecule has 0 aromatic carbocycles. The maximum atomic E-state index is 12.5. The maximum absolute atomic E-state index is 12.5. The number of carbonyl (C=O) groups is 1. The molecule has 0 N–H and O–H groups in total. The molecule has 23 heavy (non-hydrogen) atoms. The number of rotatable bonds is 2. The molecule has 2 heterocycles. The van der Waals surface area contributed by atoms with Crippen molar-refractivity contribution in [1.82, 2.24) is 9.88 Å². The van der Waals surface area contributed by atoms with Gasteiger partial charge < -0.3 is 9.47 Å². The van der Waals surface area contributed by atoms with E-state index in [0.717, 1.165) is 12.8 Å². The second kappa shape index (κ2) is 5.86. The number of hydrogen-bond donors (Lipinski definition) is 0. The van der Waals surface area contributed by atoms with Crippen LogP contribution in [0.25, 0.3) is 0 Å². The molecule has 5 nitrogen and oxygen atoms in total. The third-order valence-corrected chi connectivity index (χ3v) is 4.79. The summed E-state index contributed by atoms with van der Waals surface area (Å²) in [5.41, 5.74) is -0.493. The number of fused-ring (bicyclic) bond motifs is 2. The highest BCUT2D eigenvalue weighted by atomic mass is 35.5. The molecule has 1 aliphatic carbocycles. The Hall–Kier alpha value is -1.49. The first-order valence-corrected chi connectivity index (χ1v) is 8.42. The van der Waals surface area contributed by atoms with E-state index in [-0.39, 0.29) is 24.3 Å². The van der Waals surface area contributed by atoms with Crippen molar-refractivity contribution in [2.45, 2.75) is 64.3 Å². The van der Waals surface area contributed by atoms with Gasteiger partial charge in [-0.1, -0.05) is 11.6 Å². The molecule has 0 unspecified atom stereocenters. The van der Waals surface area contributed by atoms with Gasteiger partial charge in [0.25, 0.3) is 0 Å². The maximum Gasteiger partial charge on any atom is 0.410 e. The topological polar surface area (TPSA) is 51.7 Å². The number of pyridine rings is 1. The first kappa shape index (κ1) is 16.4. The molecule has 4 atom stereocenters. The summed E-state index contributed by atoms with van der Waals surface area (Å²) in [4.78, 5) is 18.6. The Kier molecular flexibility index (Phi) is 4.17. The number of ether oxygens (including phenoxy) is 2. The number of piperidine rings is 1. The summed E-state index contributed by atoms with van der Waals surface area (Å²) in [6, 6.07) is 3.75. The van der Waals surface area contributed by atoms with Gasteiger partial charge in [0.05, 0.1) is 11.1 Å². The van der Waals surface area contributed by atoms with E-state index in [1.54, 1.807) is 18.3 Å². The molecule has 2 aliphatic rings. The lowest BCUT2D eigenvalue weighted by Gasteiger charge is -2.38. The van der Waals surface area contributed by atoms with Crippen molar-refractivity contribution in [1.29, 1.82) is 0 Å². The normalized spacial score (nSPS) is 29.7. The lowest BCUT2D eigenvalue weighted by molar-refractivity contribution is -0.0108. The summed E-state index contributed by atoms with van der Waals surface area (Å²) in [6.45, 7) is 7.74. The largest absolute Gasteiger partial charge is 0.472 e. The molecule has 1 amide bonds. The molecule has 3 rings (SSSR count). The van der Waals surface area contributed by atoms with E-state index >= 15 is 0 Å². The molecule has 1 saturated carbocycles. The minimum absolute atomic E-state index is 0.0438. The SMILES string of the molecule is C[C@@H]1[C@H]2C[C@@H](Oc3ccc(Cl)cn3)[C@H](C2)N1C(=O)OC(C)(C)C. The molecule has 126 valence electrons. The smallest absolute Gasteiger partial charge is 0.410 e. The zero-order valence-electron chi connectivity index (χ0n) is 14.0. The molecular weight excluding hydrogens is 316 g/mol. The second-order valence-electron chi connectivity index (χ2n) is 7.40. The van der Waals surface area contributed by atoms with Gasteiger partial charge in [0.2, 0.25) is 5.88 Å². The molecule has 1 aliphatic heterocycles. The van der Waals surface area contributed by atoms with Crippen molar-refractivity contribution in [3.63, 3.8) is 0 Å². The summed E-state index contributed by atoms with van der Waals surface area (Å²) in [6.07, 6.45) is 3.17. The fourth-order valence-electron chi connectivity index (χ4n) is 3.56. The van der Waals surface area contributed by atoms with Crippen LogP contribution in [0.3, 0.4) is 0 Å². The Morgan fingerprint density at radius 2 is 2.09 bits per heavy atom. The van der Waals surface area contributed by atoms with E-state index < -0.39 is 5.60 Å². The van der Waals surface area contributed by atoms with Crippen molar-refractivity contribution in [2.75, 3.05) is 0 Å². The predicted octanol–water partition coefficient (Wildman–Crippen LogP) is 3.90. The van der Waals surface area contributed by atoms with Gasteiger partial charge in [0.1, 0.15) is 11.7 Å². The first-order chi connectivity index (χ1) is 10.7. The average Bonchev–Trinajstić information content (AvgIpc) is 2.97. The lowest BCUT2D eigenvalue weighted by atomic mass is 9.99. The molecule has 0 radical (unpaired) electrons. The fourth-order valence-corrected chi connectivity index (χ4v) is 3.67. The number of nitrogens with zero attached hydrogens (tertiary/aromatic N) is 2. The summed E-state index contributed by atoms with van der Waals surface area (Å²) in [5.74, 6) is 0.994. The number of carbonyl (C=O) groups excluding carboxylic acids is 1. The Morgan fingerprint density at radius 3 is 2.65 bits per heavy atom. The van der Waals surface area contributed by atoms with E-state index in [0.29, 0.717) is 16.8 Å². The second-order valence-corrected chi connectivity index (χ2v) is 7.83. The van der Waals surface area contributed by atoms with Crippen LogP contribution in [0.1, 0.15) is 40.5 Å². The van der Waals surface area contributed by atoms with Gasteiger partial charge in [-0.3, -0.25) is 4.90 Å². The number of amides is 1. The minimum atomic E-state index is -0.493. The molecule has 6 heteroatoms. The van der Waals surface area contributed by atoms with E-state index in [1.165, 1.54) is 0 Å². The van der Waals surface area contributed by atoms with Crippen LogP contribution in [0.2, 0.25) is 5.02 Å². The van der Waals surface area contributed by atoms with Crippen LogP contribution in [-0.2, 0) is 4.74 Å². The molecule has 2 fully saturated rings. The summed E-state index contributed by atoms with van der Waals surface area (Å²) in [7, 11) is 0. The molecule has 2 bridgehead atoms. The van der Waals surface area contributed by atoms with Crippen LogP contribution in [-0.4, -0.2) is 39.8 Å². The zero-order chi connectivity index (χ0) is 16.8. The molecule has 0 spiro atoms.